The SMILES string of the molecule is COCCn1cc(CNC(=O)Nc2ccc(C3CCC3)cc2)cn1. The fourth-order valence-corrected chi connectivity index (χ4v) is 2.74. The summed E-state index contributed by atoms with van der Waals surface area (Å²) in [5.41, 5.74) is 3.14. The van der Waals surface area contributed by atoms with Gasteiger partial charge in [0.2, 0.25) is 0 Å². The maximum absolute atomic E-state index is 12.0. The van der Waals surface area contributed by atoms with E-state index in [1.807, 2.05) is 18.3 Å². The van der Waals surface area contributed by atoms with Crippen molar-refractivity contribution >= 4 is 11.7 Å². The zero-order valence-electron chi connectivity index (χ0n) is 14.0. The summed E-state index contributed by atoms with van der Waals surface area (Å²) in [5.74, 6) is 0.711. The Morgan fingerprint density at radius 2 is 2.12 bits per heavy atom. The summed E-state index contributed by atoms with van der Waals surface area (Å²) in [6.45, 7) is 1.76. The smallest absolute Gasteiger partial charge is 0.319 e. The molecule has 1 aromatic heterocycles. The van der Waals surface area contributed by atoms with E-state index in [0.29, 0.717) is 25.6 Å². The Morgan fingerprint density at radius 3 is 2.79 bits per heavy atom. The quantitative estimate of drug-likeness (QED) is 0.820. The van der Waals surface area contributed by atoms with Gasteiger partial charge in [0.25, 0.3) is 0 Å². The molecule has 2 N–H and O–H groups in total. The van der Waals surface area contributed by atoms with Gasteiger partial charge in [0, 0.05) is 31.1 Å². The molecule has 1 aliphatic carbocycles. The molecule has 0 saturated heterocycles. The van der Waals surface area contributed by atoms with Crippen LogP contribution in [0.15, 0.2) is 36.7 Å². The molecule has 3 rings (SSSR count). The second-order valence-electron chi connectivity index (χ2n) is 6.16. The van der Waals surface area contributed by atoms with Gasteiger partial charge < -0.3 is 15.4 Å². The van der Waals surface area contributed by atoms with Crippen molar-refractivity contribution in [1.82, 2.24) is 15.1 Å². The van der Waals surface area contributed by atoms with Crippen molar-refractivity contribution in [1.29, 1.82) is 0 Å². The molecule has 1 aromatic carbocycles. The largest absolute Gasteiger partial charge is 0.383 e. The first-order valence-corrected chi connectivity index (χ1v) is 8.39. The first kappa shape index (κ1) is 16.5. The van der Waals surface area contributed by atoms with Crippen LogP contribution in [-0.2, 0) is 17.8 Å². The van der Waals surface area contributed by atoms with Crippen molar-refractivity contribution in [3.8, 4) is 0 Å². The molecule has 1 saturated carbocycles. The molecule has 2 amide bonds. The summed E-state index contributed by atoms with van der Waals surface area (Å²) in [5, 5.41) is 9.92. The van der Waals surface area contributed by atoms with Crippen molar-refractivity contribution in [2.24, 2.45) is 0 Å². The van der Waals surface area contributed by atoms with Gasteiger partial charge in [-0.2, -0.15) is 5.10 Å². The number of ether oxygens (including phenoxy) is 1. The van der Waals surface area contributed by atoms with Crippen LogP contribution in [-0.4, -0.2) is 29.5 Å². The number of nitrogens with one attached hydrogen (secondary N) is 2. The molecule has 1 aliphatic rings. The minimum atomic E-state index is -0.212. The van der Waals surface area contributed by atoms with Gasteiger partial charge in [0.1, 0.15) is 0 Å². The molecule has 24 heavy (non-hydrogen) atoms. The third-order valence-electron chi connectivity index (χ3n) is 4.41. The minimum Gasteiger partial charge on any atom is -0.383 e. The Bertz CT molecular complexity index is 662. The Balaban J connectivity index is 1.44. The molecule has 6 nitrogen and oxygen atoms in total. The predicted octanol–water partition coefficient (Wildman–Crippen LogP) is 3.12. The highest BCUT2D eigenvalue weighted by Crippen LogP contribution is 2.36. The molecule has 0 radical (unpaired) electrons. The highest BCUT2D eigenvalue weighted by Gasteiger charge is 2.18. The number of urea groups is 1. The summed E-state index contributed by atoms with van der Waals surface area (Å²) in [4.78, 5) is 12.0. The number of carbonyl (C=O) groups is 1. The molecular formula is C18H24N4O2. The standard InChI is InChI=1S/C18H24N4O2/c1-24-10-9-22-13-14(12-20-22)11-19-18(23)21-17-7-5-16(6-8-17)15-3-2-4-15/h5-8,12-13,15H,2-4,9-11H2,1H3,(H2,19,21,23). The van der Waals surface area contributed by atoms with Gasteiger partial charge in [-0.15, -0.1) is 0 Å². The molecule has 2 aromatic rings. The molecule has 1 fully saturated rings. The highest BCUT2D eigenvalue weighted by molar-refractivity contribution is 5.89. The lowest BCUT2D eigenvalue weighted by molar-refractivity contribution is 0.183. The van der Waals surface area contributed by atoms with Crippen LogP contribution in [0.25, 0.3) is 0 Å². The number of methoxy groups -OCH3 is 1. The van der Waals surface area contributed by atoms with Crippen molar-refractivity contribution in [2.45, 2.75) is 38.3 Å². The number of hydrogen-bond acceptors (Lipinski definition) is 3. The number of hydrogen-bond donors (Lipinski definition) is 2. The van der Waals surface area contributed by atoms with Gasteiger partial charge in [-0.1, -0.05) is 18.6 Å². The zero-order valence-corrected chi connectivity index (χ0v) is 14.0. The maximum atomic E-state index is 12.0. The van der Waals surface area contributed by atoms with Gasteiger partial charge in [-0.05, 0) is 36.5 Å². The first-order valence-electron chi connectivity index (χ1n) is 8.39. The van der Waals surface area contributed by atoms with E-state index in [-0.39, 0.29) is 6.03 Å². The molecule has 128 valence electrons. The number of amides is 2. The molecule has 0 atom stereocenters. The summed E-state index contributed by atoms with van der Waals surface area (Å²) in [7, 11) is 1.66. The predicted molar refractivity (Wildman–Crippen MR) is 93.0 cm³/mol. The number of rotatable bonds is 7. The lowest BCUT2D eigenvalue weighted by Gasteiger charge is -2.25. The summed E-state index contributed by atoms with van der Waals surface area (Å²) in [6.07, 6.45) is 7.56. The average Bonchev–Trinajstić information content (AvgIpc) is 2.99. The second kappa shape index (κ2) is 7.97. The normalized spacial score (nSPS) is 14.2. The molecule has 0 bridgehead atoms. The van der Waals surface area contributed by atoms with Crippen molar-refractivity contribution in [3.63, 3.8) is 0 Å². The Morgan fingerprint density at radius 1 is 1.33 bits per heavy atom. The van der Waals surface area contributed by atoms with Crippen molar-refractivity contribution in [3.05, 3.63) is 47.8 Å². The highest BCUT2D eigenvalue weighted by atomic mass is 16.5. The van der Waals surface area contributed by atoms with E-state index in [9.17, 15) is 4.79 Å². The van der Waals surface area contributed by atoms with Crippen LogP contribution in [0, 0.1) is 0 Å². The molecule has 0 unspecified atom stereocenters. The van der Waals surface area contributed by atoms with E-state index in [0.717, 1.165) is 11.3 Å². The van der Waals surface area contributed by atoms with E-state index in [1.165, 1.54) is 24.8 Å². The maximum Gasteiger partial charge on any atom is 0.319 e. The van der Waals surface area contributed by atoms with Crippen LogP contribution in [0.4, 0.5) is 10.5 Å². The van der Waals surface area contributed by atoms with E-state index in [1.54, 1.807) is 18.0 Å². The first-order chi connectivity index (χ1) is 11.7. The molecule has 6 heteroatoms. The van der Waals surface area contributed by atoms with Crippen molar-refractivity contribution < 1.29 is 9.53 Å². The molecular weight excluding hydrogens is 304 g/mol. The lowest BCUT2D eigenvalue weighted by Crippen LogP contribution is -2.28. The summed E-state index contributed by atoms with van der Waals surface area (Å²) >= 11 is 0. The van der Waals surface area contributed by atoms with Gasteiger partial charge in [0.05, 0.1) is 19.3 Å². The van der Waals surface area contributed by atoms with E-state index < -0.39 is 0 Å². The van der Waals surface area contributed by atoms with Gasteiger partial charge >= 0.3 is 6.03 Å². The third kappa shape index (κ3) is 4.35. The van der Waals surface area contributed by atoms with Gasteiger partial charge in [-0.3, -0.25) is 4.68 Å². The Hall–Kier alpha value is -2.34. The average molecular weight is 328 g/mol. The van der Waals surface area contributed by atoms with Gasteiger partial charge in [0.15, 0.2) is 0 Å². The molecule has 0 spiro atoms. The van der Waals surface area contributed by atoms with Crippen molar-refractivity contribution in [2.75, 3.05) is 19.0 Å². The number of anilines is 1. The van der Waals surface area contributed by atoms with E-state index >= 15 is 0 Å². The van der Waals surface area contributed by atoms with Crippen LogP contribution in [0.3, 0.4) is 0 Å². The summed E-state index contributed by atoms with van der Waals surface area (Å²) < 4.78 is 6.82. The van der Waals surface area contributed by atoms with E-state index in [4.69, 9.17) is 4.74 Å². The van der Waals surface area contributed by atoms with Crippen LogP contribution < -0.4 is 10.6 Å². The Labute approximate surface area is 142 Å². The fraction of sp³-hybridized carbons (Fsp3) is 0.444. The van der Waals surface area contributed by atoms with Crippen LogP contribution in [0.5, 0.6) is 0 Å². The number of nitrogens with zero attached hydrogens (tertiary/aromatic N) is 2. The topological polar surface area (TPSA) is 68.2 Å². The summed E-state index contributed by atoms with van der Waals surface area (Å²) in [6, 6.07) is 7.95. The Kier molecular flexibility index (Phi) is 5.48. The monoisotopic (exact) mass is 328 g/mol. The van der Waals surface area contributed by atoms with E-state index in [2.05, 4.69) is 27.9 Å². The van der Waals surface area contributed by atoms with Gasteiger partial charge in [-0.25, -0.2) is 4.79 Å². The van der Waals surface area contributed by atoms with Crippen LogP contribution >= 0.6 is 0 Å². The number of carbonyl (C=O) groups excluding carboxylic acids is 1. The second-order valence-corrected chi connectivity index (χ2v) is 6.16. The zero-order chi connectivity index (χ0) is 16.8. The third-order valence-corrected chi connectivity index (χ3v) is 4.41. The molecule has 0 aliphatic heterocycles. The number of benzene rings is 1. The fourth-order valence-electron chi connectivity index (χ4n) is 2.74. The van der Waals surface area contributed by atoms with Crippen LogP contribution in [0.1, 0.15) is 36.3 Å². The molecule has 1 heterocycles. The van der Waals surface area contributed by atoms with Crippen LogP contribution in [0.2, 0.25) is 0 Å². The number of aromatic nitrogens is 2. The lowest BCUT2D eigenvalue weighted by atomic mass is 9.80. The minimum absolute atomic E-state index is 0.212.